The van der Waals surface area contributed by atoms with Crippen molar-refractivity contribution in [3.8, 4) is 0 Å². The molecule has 0 heterocycles. The first-order valence-electron chi connectivity index (χ1n) is 5.70. The number of esters is 1. The Balaban J connectivity index is 0. The van der Waals surface area contributed by atoms with Crippen molar-refractivity contribution >= 4 is 25.0 Å². The van der Waals surface area contributed by atoms with E-state index in [2.05, 4.69) is 11.0 Å². The number of ether oxygens (including phenoxy) is 1. The van der Waals surface area contributed by atoms with Crippen molar-refractivity contribution in [1.82, 2.24) is 0 Å². The number of carbonyl (C=O) groups is 1. The highest BCUT2D eigenvalue weighted by Gasteiger charge is 2.27. The lowest BCUT2D eigenvalue weighted by Crippen LogP contribution is -2.36. The molecule has 0 radical (unpaired) electrons. The lowest BCUT2D eigenvalue weighted by Gasteiger charge is -2.22. The molecule has 0 aliphatic rings. The molecule has 0 aromatic rings. The predicted molar refractivity (Wildman–Crippen MR) is 77.8 cm³/mol. The third kappa shape index (κ3) is 10.7. The Morgan fingerprint density at radius 3 is 2.06 bits per heavy atom. The lowest BCUT2D eigenvalue weighted by atomic mass is 10.4. The summed E-state index contributed by atoms with van der Waals surface area (Å²) >= 11 is 0. The van der Waals surface area contributed by atoms with Crippen LogP contribution in [0.15, 0.2) is 12.2 Å². The minimum Gasteiger partial charge on any atom is -0.462 e. The lowest BCUT2D eigenvalue weighted by molar-refractivity contribution is -0.138. The van der Waals surface area contributed by atoms with Gasteiger partial charge in [0.15, 0.2) is 0 Å². The van der Waals surface area contributed by atoms with Gasteiger partial charge in [0.25, 0.3) is 0 Å². The highest BCUT2D eigenvalue weighted by Crippen LogP contribution is 2.13. The smallest absolute Gasteiger partial charge is 0.334 e. The van der Waals surface area contributed by atoms with Crippen LogP contribution in [-0.4, -0.2) is 53.0 Å². The Labute approximate surface area is 114 Å². The van der Waals surface area contributed by atoms with E-state index < -0.39 is 8.56 Å². The Hall–Kier alpha value is -0.476. The van der Waals surface area contributed by atoms with Gasteiger partial charge in [-0.2, -0.15) is 0 Å². The second kappa shape index (κ2) is 11.6. The molecule has 18 heavy (non-hydrogen) atoms. The van der Waals surface area contributed by atoms with Crippen molar-refractivity contribution in [3.05, 3.63) is 12.2 Å². The molecule has 0 spiro atoms. The molecule has 0 aliphatic carbocycles. The van der Waals surface area contributed by atoms with E-state index in [1.807, 2.05) is 6.55 Å². The van der Waals surface area contributed by atoms with Crippen LogP contribution in [0.25, 0.3) is 0 Å². The molecule has 0 aromatic carbocycles. The highest BCUT2D eigenvalue weighted by atomic mass is 28.4. The van der Waals surface area contributed by atoms with Crippen LogP contribution in [0, 0.1) is 0 Å². The van der Waals surface area contributed by atoms with Crippen LogP contribution in [0.3, 0.4) is 0 Å². The predicted octanol–water partition coefficient (Wildman–Crippen LogP) is 0.774. The zero-order valence-corrected chi connectivity index (χ0v) is 15.4. The van der Waals surface area contributed by atoms with Crippen molar-refractivity contribution in [1.29, 1.82) is 0 Å². The van der Waals surface area contributed by atoms with Crippen LogP contribution in [0.1, 0.15) is 13.3 Å². The first kappa shape index (κ1) is 19.9. The molecule has 0 amide bonds. The van der Waals surface area contributed by atoms with Crippen molar-refractivity contribution in [2.45, 2.75) is 25.9 Å². The number of hydrogen-bond donors (Lipinski definition) is 0. The van der Waals surface area contributed by atoms with E-state index in [1.54, 1.807) is 28.3 Å². The average molecular weight is 294 g/mol. The summed E-state index contributed by atoms with van der Waals surface area (Å²) in [6.07, 6.45) is 0.753. The van der Waals surface area contributed by atoms with Crippen LogP contribution in [-0.2, 0) is 22.8 Å². The molecule has 5 nitrogen and oxygen atoms in total. The maximum absolute atomic E-state index is 11.0. The standard InChI is InChI=1S/C10H20O4Si.CH6OSi/c1-9(2)10(11)14-7-6-8-15(5,12-3)13-4;1-2-3/h1,6-8H2,2-5H3;1,3H3. The van der Waals surface area contributed by atoms with Crippen molar-refractivity contribution in [2.24, 2.45) is 0 Å². The van der Waals surface area contributed by atoms with E-state index in [0.717, 1.165) is 23.0 Å². The Morgan fingerprint density at radius 2 is 1.72 bits per heavy atom. The number of rotatable bonds is 7. The maximum Gasteiger partial charge on any atom is 0.334 e. The van der Waals surface area contributed by atoms with E-state index in [1.165, 1.54) is 0 Å². The van der Waals surface area contributed by atoms with Crippen LogP contribution < -0.4 is 0 Å². The monoisotopic (exact) mass is 294 g/mol. The summed E-state index contributed by atoms with van der Waals surface area (Å²) in [4.78, 5) is 11.0. The quantitative estimate of drug-likeness (QED) is 0.300. The van der Waals surface area contributed by atoms with Crippen LogP contribution in [0.2, 0.25) is 12.6 Å². The zero-order chi connectivity index (χ0) is 14.6. The fraction of sp³-hybridized carbons (Fsp3) is 0.727. The maximum atomic E-state index is 11.0. The summed E-state index contributed by atoms with van der Waals surface area (Å²) in [5.74, 6) is -0.340. The summed E-state index contributed by atoms with van der Waals surface area (Å²) in [6, 6.07) is 0.809. The first-order chi connectivity index (χ1) is 8.36. The van der Waals surface area contributed by atoms with Gasteiger partial charge in [-0.1, -0.05) is 6.58 Å². The van der Waals surface area contributed by atoms with Gasteiger partial charge in [0.2, 0.25) is 0 Å². The molecule has 0 aromatic heterocycles. The van der Waals surface area contributed by atoms with Gasteiger partial charge in [-0.05, 0) is 25.9 Å². The number of hydrogen-bond acceptors (Lipinski definition) is 5. The summed E-state index contributed by atoms with van der Waals surface area (Å²) in [7, 11) is 3.84. The average Bonchev–Trinajstić information content (AvgIpc) is 2.34. The van der Waals surface area contributed by atoms with E-state index in [0.29, 0.717) is 12.2 Å². The molecule has 7 heteroatoms. The van der Waals surface area contributed by atoms with E-state index in [9.17, 15) is 4.79 Å². The van der Waals surface area contributed by atoms with E-state index >= 15 is 0 Å². The molecule has 0 saturated heterocycles. The van der Waals surface area contributed by atoms with Crippen LogP contribution >= 0.6 is 0 Å². The summed E-state index contributed by atoms with van der Waals surface area (Å²) in [5, 5.41) is 0. The fourth-order valence-corrected chi connectivity index (χ4v) is 2.33. The molecule has 108 valence electrons. The van der Waals surface area contributed by atoms with Gasteiger partial charge in [0.05, 0.1) is 6.61 Å². The van der Waals surface area contributed by atoms with Gasteiger partial charge in [0.1, 0.15) is 10.5 Å². The molecule has 0 aliphatic heterocycles. The van der Waals surface area contributed by atoms with E-state index in [-0.39, 0.29) is 5.97 Å². The third-order valence-corrected chi connectivity index (χ3v) is 5.21. The minimum absolute atomic E-state index is 0.340. The molecule has 0 N–H and O–H groups in total. The molecule has 0 saturated carbocycles. The Morgan fingerprint density at radius 1 is 1.28 bits per heavy atom. The van der Waals surface area contributed by atoms with Crippen molar-refractivity contribution in [3.63, 3.8) is 0 Å². The molecule has 0 unspecified atom stereocenters. The second-order valence-electron chi connectivity index (χ2n) is 3.97. The van der Waals surface area contributed by atoms with Crippen LogP contribution in [0.4, 0.5) is 0 Å². The SMILES string of the molecule is C=C(C)C(=O)OCCC[Si](C)(OC)OC.CO[SiH3]. The summed E-state index contributed by atoms with van der Waals surface area (Å²) in [6.45, 7) is 7.50. The summed E-state index contributed by atoms with van der Waals surface area (Å²) in [5.41, 5.74) is 0.425. The second-order valence-corrected chi connectivity index (χ2v) is 8.37. The Bertz CT molecular complexity index is 242. The highest BCUT2D eigenvalue weighted by molar-refractivity contribution is 6.65. The van der Waals surface area contributed by atoms with Gasteiger partial charge in [-0.25, -0.2) is 4.79 Å². The normalized spacial score (nSPS) is 10.5. The Kier molecular flexibility index (Phi) is 12.8. The summed E-state index contributed by atoms with van der Waals surface area (Å²) < 4.78 is 19.9. The van der Waals surface area contributed by atoms with Crippen molar-refractivity contribution in [2.75, 3.05) is 27.9 Å². The molecule has 0 rings (SSSR count). The molecular formula is C11H26O5Si2. The first-order valence-corrected chi connectivity index (χ1v) is 9.04. The number of carbonyl (C=O) groups excluding carboxylic acids is 1. The topological polar surface area (TPSA) is 54.0 Å². The molecular weight excluding hydrogens is 268 g/mol. The molecule has 0 bridgehead atoms. The van der Waals surface area contributed by atoms with Crippen LogP contribution in [0.5, 0.6) is 0 Å². The molecule has 0 atom stereocenters. The zero-order valence-electron chi connectivity index (χ0n) is 12.4. The largest absolute Gasteiger partial charge is 0.462 e. The molecule has 0 fully saturated rings. The van der Waals surface area contributed by atoms with Gasteiger partial charge in [0, 0.05) is 26.9 Å². The minimum atomic E-state index is -2.01. The van der Waals surface area contributed by atoms with Gasteiger partial charge >= 0.3 is 14.5 Å². The fourth-order valence-electron chi connectivity index (χ4n) is 0.969. The van der Waals surface area contributed by atoms with Gasteiger partial charge in [-0.3, -0.25) is 0 Å². The third-order valence-electron chi connectivity index (χ3n) is 2.22. The van der Waals surface area contributed by atoms with Gasteiger partial charge in [-0.15, -0.1) is 0 Å². The van der Waals surface area contributed by atoms with Crippen molar-refractivity contribution < 1.29 is 22.8 Å². The van der Waals surface area contributed by atoms with E-state index in [4.69, 9.17) is 13.6 Å². The van der Waals surface area contributed by atoms with Gasteiger partial charge < -0.3 is 18.0 Å².